The van der Waals surface area contributed by atoms with Gasteiger partial charge in [0.2, 0.25) is 0 Å². The number of nitrogens with zero attached hydrogens (tertiary/aromatic N) is 2. The third kappa shape index (κ3) is 4.92. The van der Waals surface area contributed by atoms with E-state index in [1.807, 2.05) is 37.4 Å². The molecular formula is C27H36N2O3S. The summed E-state index contributed by atoms with van der Waals surface area (Å²) >= 11 is 1.52. The minimum atomic E-state index is -0.606. The predicted octanol–water partition coefficient (Wildman–Crippen LogP) is 5.43. The molecule has 1 atom stereocenters. The van der Waals surface area contributed by atoms with Crippen LogP contribution in [0.2, 0.25) is 0 Å². The number of aliphatic hydroxyl groups is 1. The van der Waals surface area contributed by atoms with Crippen LogP contribution >= 0.6 is 11.3 Å². The zero-order chi connectivity index (χ0) is 24.5. The van der Waals surface area contributed by atoms with Gasteiger partial charge in [0, 0.05) is 23.5 Å². The third-order valence-electron chi connectivity index (χ3n) is 6.60. The normalized spacial score (nSPS) is 18.5. The number of hydrogen-bond acceptors (Lipinski definition) is 5. The van der Waals surface area contributed by atoms with E-state index in [9.17, 15) is 14.7 Å². The lowest BCUT2D eigenvalue weighted by Crippen LogP contribution is -2.37. The summed E-state index contributed by atoms with van der Waals surface area (Å²) in [5, 5.41) is 13.5. The number of aryl methyl sites for hydroxylation is 2. The molecule has 2 heterocycles. The van der Waals surface area contributed by atoms with Crippen LogP contribution in [0.15, 0.2) is 35.2 Å². The molecule has 1 saturated heterocycles. The van der Waals surface area contributed by atoms with E-state index in [4.69, 9.17) is 0 Å². The van der Waals surface area contributed by atoms with Crippen LogP contribution in [0, 0.1) is 13.8 Å². The highest BCUT2D eigenvalue weighted by Crippen LogP contribution is 2.43. The molecule has 1 fully saturated rings. The van der Waals surface area contributed by atoms with Gasteiger partial charge in [0.05, 0.1) is 11.6 Å². The van der Waals surface area contributed by atoms with Crippen molar-refractivity contribution in [1.82, 2.24) is 9.80 Å². The monoisotopic (exact) mass is 468 g/mol. The number of amides is 1. The van der Waals surface area contributed by atoms with Crippen molar-refractivity contribution in [1.29, 1.82) is 0 Å². The van der Waals surface area contributed by atoms with E-state index < -0.39 is 17.7 Å². The number of likely N-dealkylation sites (N-methyl/N-ethyl adjacent to an activating group) is 1. The molecule has 1 aliphatic rings. The molecule has 0 spiro atoms. The molecule has 6 heteroatoms. The second-order valence-corrected chi connectivity index (χ2v) is 10.7. The molecule has 0 saturated carbocycles. The molecule has 178 valence electrons. The van der Waals surface area contributed by atoms with Crippen LogP contribution in [0.4, 0.5) is 0 Å². The van der Waals surface area contributed by atoms with E-state index in [0.29, 0.717) is 18.7 Å². The van der Waals surface area contributed by atoms with E-state index in [-0.39, 0.29) is 16.7 Å². The standard InChI is InChI=1S/C27H36N2O3S/c1-8-28(9-2)13-14-29-22(25-18(4)12-15-33-25)21(24(31)26(29)32)23(30)20-16-19(27(5,6)7)11-10-17(20)3/h10-12,15-16,22,30H,8-9,13-14H2,1-7H3/b23-21+. The van der Waals surface area contributed by atoms with Crippen molar-refractivity contribution in [2.45, 2.75) is 59.9 Å². The molecule has 5 nitrogen and oxygen atoms in total. The quantitative estimate of drug-likeness (QED) is 0.335. The molecule has 0 aliphatic carbocycles. The second kappa shape index (κ2) is 9.82. The lowest BCUT2D eigenvalue weighted by atomic mass is 9.84. The maximum atomic E-state index is 13.3. The van der Waals surface area contributed by atoms with Crippen molar-refractivity contribution >= 4 is 28.8 Å². The third-order valence-corrected chi connectivity index (χ3v) is 7.67. The Kier molecular flexibility index (Phi) is 7.49. The van der Waals surface area contributed by atoms with E-state index in [1.165, 1.54) is 11.3 Å². The summed E-state index contributed by atoms with van der Waals surface area (Å²) in [5.41, 5.74) is 3.65. The van der Waals surface area contributed by atoms with Gasteiger partial charge in [-0.15, -0.1) is 11.3 Å². The van der Waals surface area contributed by atoms with Gasteiger partial charge in [-0.05, 0) is 66.6 Å². The first-order valence-corrected chi connectivity index (χ1v) is 12.5. The summed E-state index contributed by atoms with van der Waals surface area (Å²) in [7, 11) is 0. The highest BCUT2D eigenvalue weighted by molar-refractivity contribution is 7.10. The van der Waals surface area contributed by atoms with Crippen molar-refractivity contribution in [2.24, 2.45) is 0 Å². The van der Waals surface area contributed by atoms with Gasteiger partial charge in [-0.1, -0.05) is 46.8 Å². The first kappa shape index (κ1) is 25.2. The van der Waals surface area contributed by atoms with Crippen LogP contribution in [0.1, 0.15) is 67.8 Å². The summed E-state index contributed by atoms with van der Waals surface area (Å²) in [6.45, 7) is 17.3. The van der Waals surface area contributed by atoms with Crippen LogP contribution in [0.25, 0.3) is 5.76 Å². The van der Waals surface area contributed by atoms with Crippen molar-refractivity contribution in [3.05, 3.63) is 62.3 Å². The predicted molar refractivity (Wildman–Crippen MR) is 136 cm³/mol. The van der Waals surface area contributed by atoms with Crippen LogP contribution in [-0.2, 0) is 15.0 Å². The van der Waals surface area contributed by atoms with Gasteiger partial charge < -0.3 is 14.9 Å². The Morgan fingerprint density at radius 3 is 2.30 bits per heavy atom. The van der Waals surface area contributed by atoms with Gasteiger partial charge in [0.1, 0.15) is 5.76 Å². The number of Topliss-reactive ketones (excluding diaryl/α,β-unsaturated/α-hetero) is 1. The smallest absolute Gasteiger partial charge is 0.295 e. The highest BCUT2D eigenvalue weighted by atomic mass is 32.1. The fourth-order valence-corrected chi connectivity index (χ4v) is 5.37. The topological polar surface area (TPSA) is 60.9 Å². The van der Waals surface area contributed by atoms with Crippen molar-refractivity contribution in [3.63, 3.8) is 0 Å². The van der Waals surface area contributed by atoms with Gasteiger partial charge in [-0.3, -0.25) is 9.59 Å². The molecule has 1 amide bonds. The van der Waals surface area contributed by atoms with Crippen LogP contribution < -0.4 is 0 Å². The molecule has 1 aliphatic heterocycles. The van der Waals surface area contributed by atoms with Gasteiger partial charge in [0.25, 0.3) is 11.7 Å². The van der Waals surface area contributed by atoms with Crippen LogP contribution in [-0.4, -0.2) is 52.8 Å². The minimum Gasteiger partial charge on any atom is -0.507 e. The minimum absolute atomic E-state index is 0.0833. The summed E-state index contributed by atoms with van der Waals surface area (Å²) in [5.74, 6) is -1.23. The first-order valence-electron chi connectivity index (χ1n) is 11.7. The number of ketones is 1. The average Bonchev–Trinajstić information content (AvgIpc) is 3.29. The molecule has 2 aromatic rings. The van der Waals surface area contributed by atoms with Gasteiger partial charge in [-0.25, -0.2) is 0 Å². The van der Waals surface area contributed by atoms with Crippen molar-refractivity contribution in [3.8, 4) is 0 Å². The van der Waals surface area contributed by atoms with Gasteiger partial charge in [0.15, 0.2) is 0 Å². The number of rotatable bonds is 7. The number of aliphatic hydroxyl groups excluding tert-OH is 1. The number of carbonyl (C=O) groups is 2. The Morgan fingerprint density at radius 2 is 1.76 bits per heavy atom. The average molecular weight is 469 g/mol. The summed E-state index contributed by atoms with van der Waals surface area (Å²) in [6.07, 6.45) is 0. The fraction of sp³-hybridized carbons (Fsp3) is 0.481. The maximum absolute atomic E-state index is 13.3. The molecule has 3 rings (SSSR count). The summed E-state index contributed by atoms with van der Waals surface area (Å²) in [6, 6.07) is 7.40. The van der Waals surface area contributed by atoms with Gasteiger partial charge in [-0.2, -0.15) is 0 Å². The SMILES string of the molecule is CCN(CC)CCN1C(=O)C(=O)/C(=C(/O)c2cc(C(C)(C)C)ccc2C)C1c1sccc1C. The Balaban J connectivity index is 2.16. The number of likely N-dealkylation sites (tertiary alicyclic amines) is 1. The Labute approximate surface area is 201 Å². The summed E-state index contributed by atoms with van der Waals surface area (Å²) in [4.78, 5) is 31.3. The molecule has 1 aromatic carbocycles. The van der Waals surface area contributed by atoms with Crippen LogP contribution in [0.3, 0.4) is 0 Å². The second-order valence-electron chi connectivity index (χ2n) is 9.77. The van der Waals surface area contributed by atoms with Gasteiger partial charge >= 0.3 is 0 Å². The van der Waals surface area contributed by atoms with E-state index in [2.05, 4.69) is 45.6 Å². The van der Waals surface area contributed by atoms with E-state index >= 15 is 0 Å². The molecule has 1 unspecified atom stereocenters. The first-order chi connectivity index (χ1) is 15.5. The molecule has 0 bridgehead atoms. The number of thiophene rings is 1. The Hall–Kier alpha value is -2.44. The van der Waals surface area contributed by atoms with E-state index in [1.54, 1.807) is 4.90 Å². The van der Waals surface area contributed by atoms with Crippen LogP contribution in [0.5, 0.6) is 0 Å². The van der Waals surface area contributed by atoms with Crippen molar-refractivity contribution in [2.75, 3.05) is 26.2 Å². The van der Waals surface area contributed by atoms with Crippen molar-refractivity contribution < 1.29 is 14.7 Å². The highest BCUT2D eigenvalue weighted by Gasteiger charge is 2.47. The Bertz CT molecular complexity index is 1070. The lowest BCUT2D eigenvalue weighted by molar-refractivity contribution is -0.140. The number of benzene rings is 1. The molecule has 1 N–H and O–H groups in total. The molecule has 33 heavy (non-hydrogen) atoms. The van der Waals surface area contributed by atoms with E-state index in [0.717, 1.165) is 34.7 Å². The molecule has 0 radical (unpaired) electrons. The largest absolute Gasteiger partial charge is 0.507 e. The number of hydrogen-bond donors (Lipinski definition) is 1. The summed E-state index contributed by atoms with van der Waals surface area (Å²) < 4.78 is 0. The zero-order valence-electron chi connectivity index (χ0n) is 20.9. The molecular weight excluding hydrogens is 432 g/mol. The fourth-order valence-electron chi connectivity index (χ4n) is 4.33. The lowest BCUT2D eigenvalue weighted by Gasteiger charge is -2.28. The molecule has 1 aromatic heterocycles. The Morgan fingerprint density at radius 1 is 1.09 bits per heavy atom. The number of carbonyl (C=O) groups excluding carboxylic acids is 2. The zero-order valence-corrected chi connectivity index (χ0v) is 21.7. The maximum Gasteiger partial charge on any atom is 0.295 e.